The average molecular weight is 883 g/mol. The fourth-order valence-corrected chi connectivity index (χ4v) is 6.51. The smallest absolute Gasteiger partial charge is 0.331 e. The topological polar surface area (TPSA) is 293 Å². The number of ether oxygens (including phenoxy) is 9. The van der Waals surface area contributed by atoms with E-state index in [9.17, 15) is 54.9 Å². The van der Waals surface area contributed by atoms with Crippen LogP contribution < -0.4 is 9.47 Å². The number of aliphatic hydroxyl groups is 4. The molecule has 0 amide bonds. The molecular weight excluding hydrogens is 836 g/mol. The van der Waals surface area contributed by atoms with Gasteiger partial charge in [0.25, 0.3) is 0 Å². The van der Waals surface area contributed by atoms with Crippen LogP contribution in [0.3, 0.4) is 0 Å². The number of phenolic OH excluding ortho intramolecular Hbond substituents is 3. The van der Waals surface area contributed by atoms with Gasteiger partial charge in [-0.3, -0.25) is 4.79 Å². The minimum atomic E-state index is -2.66. The number of hydrogen-bond acceptors (Lipinski definition) is 20. The largest absolute Gasteiger partial charge is 0.508 e. The fraction of sp³-hybridized carbons (Fsp3) is 0.349. The van der Waals surface area contributed by atoms with Gasteiger partial charge in [0.05, 0.1) is 27.4 Å². The summed E-state index contributed by atoms with van der Waals surface area (Å²) in [4.78, 5) is 52.1. The van der Waals surface area contributed by atoms with Gasteiger partial charge >= 0.3 is 23.9 Å². The van der Waals surface area contributed by atoms with Gasteiger partial charge in [0.15, 0.2) is 47.4 Å². The third-order valence-electron chi connectivity index (χ3n) is 9.55. The molecule has 0 aromatic heterocycles. The van der Waals surface area contributed by atoms with E-state index in [-0.39, 0.29) is 28.7 Å². The van der Waals surface area contributed by atoms with Gasteiger partial charge in [0.2, 0.25) is 12.1 Å². The van der Waals surface area contributed by atoms with Gasteiger partial charge in [-0.2, -0.15) is 0 Å². The molecule has 3 aromatic rings. The summed E-state index contributed by atoms with van der Waals surface area (Å²) in [6, 6.07) is 14.1. The van der Waals surface area contributed by atoms with Crippen molar-refractivity contribution < 1.29 is 97.6 Å². The van der Waals surface area contributed by atoms with Crippen molar-refractivity contribution in [3.63, 3.8) is 0 Å². The van der Waals surface area contributed by atoms with Crippen LogP contribution in [-0.4, -0.2) is 148 Å². The van der Waals surface area contributed by atoms with Crippen LogP contribution in [0.4, 0.5) is 0 Å². The zero-order chi connectivity index (χ0) is 45.8. The van der Waals surface area contributed by atoms with Crippen molar-refractivity contribution >= 4 is 42.1 Å². The molecule has 2 aliphatic rings. The second-order valence-electron chi connectivity index (χ2n) is 13.8. The standard InChI is InChI=1S/C43H46O20/c1-23(47)57-40-37(54)38(59-34(51)15-8-24-4-11-27(48)12-5-24)32(20-44)58-42(40)63-43(22-46)41(61-36(53)17-10-26-7-14-29(50)31(19-26)56-3)39(33(21-45)62-43)60-35(52)16-9-25-6-13-28(49)30(18-25)55-2/h4-19,32-33,37-42,44-46,48-50,54H,20-22H2,1-3H3/b15-8+,16-9+,17-10+/t32-,33-,37+,38-,39-,40-,41+,42-,43+/m1/s1. The Hall–Kier alpha value is -6.52. The molecule has 0 aliphatic carbocycles. The van der Waals surface area contributed by atoms with Gasteiger partial charge in [-0.05, 0) is 71.3 Å². The van der Waals surface area contributed by atoms with Crippen molar-refractivity contribution in [2.75, 3.05) is 34.0 Å². The molecule has 20 nitrogen and oxygen atoms in total. The number of esters is 4. The lowest BCUT2D eigenvalue weighted by Gasteiger charge is -2.45. The molecule has 0 unspecified atom stereocenters. The quantitative estimate of drug-likeness (QED) is 0.0567. The highest BCUT2D eigenvalue weighted by atomic mass is 16.8. The van der Waals surface area contributed by atoms with E-state index < -0.39 is 98.5 Å². The fourth-order valence-electron chi connectivity index (χ4n) is 6.51. The lowest BCUT2D eigenvalue weighted by atomic mass is 9.98. The number of carbonyl (C=O) groups is 4. The molecule has 0 radical (unpaired) electrons. The Labute approximate surface area is 359 Å². The Morgan fingerprint density at radius 1 is 0.651 bits per heavy atom. The second-order valence-corrected chi connectivity index (χ2v) is 13.8. The molecule has 0 saturated carbocycles. The molecule has 7 N–H and O–H groups in total. The van der Waals surface area contributed by atoms with Crippen molar-refractivity contribution in [1.82, 2.24) is 0 Å². The third-order valence-corrected chi connectivity index (χ3v) is 9.55. The van der Waals surface area contributed by atoms with E-state index in [0.29, 0.717) is 16.7 Å². The minimum absolute atomic E-state index is 0.0141. The molecule has 2 fully saturated rings. The third kappa shape index (κ3) is 11.9. The maximum Gasteiger partial charge on any atom is 0.331 e. The van der Waals surface area contributed by atoms with E-state index in [4.69, 9.17) is 42.6 Å². The summed E-state index contributed by atoms with van der Waals surface area (Å²) >= 11 is 0. The average Bonchev–Trinajstić information content (AvgIpc) is 3.55. The maximum absolute atomic E-state index is 13.5. The van der Waals surface area contributed by atoms with E-state index in [0.717, 1.165) is 25.2 Å². The van der Waals surface area contributed by atoms with Crippen LogP contribution in [0.5, 0.6) is 28.7 Å². The van der Waals surface area contributed by atoms with E-state index in [1.165, 1.54) is 93.1 Å². The lowest BCUT2D eigenvalue weighted by Crippen LogP contribution is -2.64. The number of rotatable bonds is 17. The van der Waals surface area contributed by atoms with Crippen LogP contribution in [0, 0.1) is 0 Å². The molecule has 0 bridgehead atoms. The molecule has 9 atom stereocenters. The van der Waals surface area contributed by atoms with E-state index in [1.54, 1.807) is 0 Å². The van der Waals surface area contributed by atoms with Gasteiger partial charge in [-0.25, -0.2) is 14.4 Å². The Balaban J connectivity index is 1.46. The Morgan fingerprint density at radius 3 is 1.63 bits per heavy atom. The highest BCUT2D eigenvalue weighted by molar-refractivity contribution is 5.89. The molecule has 5 rings (SSSR count). The molecule has 20 heteroatoms. The first-order valence-corrected chi connectivity index (χ1v) is 19.0. The van der Waals surface area contributed by atoms with Gasteiger partial charge in [0, 0.05) is 25.2 Å². The molecule has 0 spiro atoms. The molecule has 338 valence electrons. The Bertz CT molecular complexity index is 2170. The first-order chi connectivity index (χ1) is 30.1. The summed E-state index contributed by atoms with van der Waals surface area (Å²) in [5.74, 6) is -7.09. The maximum atomic E-state index is 13.5. The van der Waals surface area contributed by atoms with Crippen molar-refractivity contribution in [2.45, 2.75) is 61.7 Å². The Morgan fingerprint density at radius 2 is 1.14 bits per heavy atom. The van der Waals surface area contributed by atoms with Crippen LogP contribution in [0.25, 0.3) is 18.2 Å². The van der Waals surface area contributed by atoms with E-state index in [2.05, 4.69) is 0 Å². The summed E-state index contributed by atoms with van der Waals surface area (Å²) < 4.78 is 50.2. The van der Waals surface area contributed by atoms with E-state index >= 15 is 0 Å². The number of carbonyl (C=O) groups excluding carboxylic acids is 4. The highest BCUT2D eigenvalue weighted by Gasteiger charge is 2.63. The first kappa shape index (κ1) is 47.5. The summed E-state index contributed by atoms with van der Waals surface area (Å²) in [6.45, 7) is -2.14. The summed E-state index contributed by atoms with van der Waals surface area (Å²) in [7, 11) is 2.64. The first-order valence-electron chi connectivity index (χ1n) is 19.0. The monoisotopic (exact) mass is 882 g/mol. The molecule has 2 heterocycles. The molecular formula is C43H46O20. The highest BCUT2D eigenvalue weighted by Crippen LogP contribution is 2.40. The lowest BCUT2D eigenvalue weighted by molar-refractivity contribution is -0.383. The zero-order valence-corrected chi connectivity index (χ0v) is 33.9. The van der Waals surface area contributed by atoms with Crippen LogP contribution in [0.2, 0.25) is 0 Å². The normalized spacial score (nSPS) is 25.8. The van der Waals surface area contributed by atoms with Crippen molar-refractivity contribution in [2.24, 2.45) is 0 Å². The van der Waals surface area contributed by atoms with Gasteiger partial charge < -0.3 is 78.4 Å². The number of phenols is 3. The van der Waals surface area contributed by atoms with Crippen molar-refractivity contribution in [1.29, 1.82) is 0 Å². The van der Waals surface area contributed by atoms with E-state index in [1.807, 2.05) is 0 Å². The van der Waals surface area contributed by atoms with Crippen molar-refractivity contribution in [3.8, 4) is 28.7 Å². The van der Waals surface area contributed by atoms with Crippen LogP contribution >= 0.6 is 0 Å². The minimum Gasteiger partial charge on any atom is -0.508 e. The second kappa shape index (κ2) is 21.5. The SMILES string of the molecule is COc1cc(/C=C/C(=O)O[C@@H]2[C@@H](CO)O[C@@](CO)(O[C@H]3O[C@H](CO)[C@@H](OC(=O)/C=C/c4ccc(O)cc4)[C@H](O)[C@H]3OC(C)=O)[C@H]2OC(=O)/C=C/c2ccc(O)c(OC)c2)ccc1O. The number of hydrogen-bond donors (Lipinski definition) is 7. The summed E-state index contributed by atoms with van der Waals surface area (Å²) in [6.07, 6.45) is -7.80. The summed E-state index contributed by atoms with van der Waals surface area (Å²) in [5, 5.41) is 72.7. The number of benzene rings is 3. The number of methoxy groups -OCH3 is 2. The van der Waals surface area contributed by atoms with Crippen LogP contribution in [0.15, 0.2) is 78.9 Å². The van der Waals surface area contributed by atoms with Gasteiger partial charge in [-0.15, -0.1) is 0 Å². The van der Waals surface area contributed by atoms with Crippen LogP contribution in [0.1, 0.15) is 23.6 Å². The number of aromatic hydroxyl groups is 3. The predicted molar refractivity (Wildman–Crippen MR) is 214 cm³/mol. The summed E-state index contributed by atoms with van der Waals surface area (Å²) in [5.41, 5.74) is 1.23. The number of aliphatic hydroxyl groups excluding tert-OH is 4. The van der Waals surface area contributed by atoms with Crippen LogP contribution in [-0.2, 0) is 52.3 Å². The molecule has 2 saturated heterocycles. The zero-order valence-electron chi connectivity index (χ0n) is 33.9. The van der Waals surface area contributed by atoms with Gasteiger partial charge in [-0.1, -0.05) is 24.3 Å². The molecule has 3 aromatic carbocycles. The van der Waals surface area contributed by atoms with Gasteiger partial charge in [0.1, 0.15) is 30.7 Å². The molecule has 63 heavy (non-hydrogen) atoms. The Kier molecular flexibility index (Phi) is 16.2. The predicted octanol–water partition coefficient (Wildman–Crippen LogP) is 1.10. The molecule has 2 aliphatic heterocycles. The van der Waals surface area contributed by atoms with Crippen molar-refractivity contribution in [3.05, 3.63) is 95.6 Å².